The summed E-state index contributed by atoms with van der Waals surface area (Å²) in [4.78, 5) is 10.8. The van der Waals surface area contributed by atoms with E-state index in [0.717, 1.165) is 16.7 Å². The minimum absolute atomic E-state index is 0.128. The number of allylic oxidation sites excluding steroid dienone is 1. The number of aromatic carboxylic acids is 1. The van der Waals surface area contributed by atoms with Crippen LogP contribution in [0.2, 0.25) is 0 Å². The van der Waals surface area contributed by atoms with Crippen LogP contribution in [0, 0.1) is 11.3 Å². The van der Waals surface area contributed by atoms with Crippen LogP contribution in [-0.2, 0) is 6.61 Å². The zero-order chi connectivity index (χ0) is 19.1. The largest absolute Gasteiger partial charge is 0.545 e. The molecular formula is C23H16NO3-. The molecule has 4 heteroatoms. The van der Waals surface area contributed by atoms with E-state index in [9.17, 15) is 15.2 Å². The highest BCUT2D eigenvalue weighted by Crippen LogP contribution is 2.25. The standard InChI is InChI=1S/C23H17NO3/c24-15-21(18-6-2-1-3-7-18)14-20-8-4-5-9-22(20)27-16-17-10-12-19(13-11-17)23(25)26/h1-14H,16H2,(H,25,26)/p-1/b21-14-. The van der Waals surface area contributed by atoms with Crippen molar-refractivity contribution < 1.29 is 14.6 Å². The molecule has 0 aliphatic carbocycles. The normalized spacial score (nSPS) is 10.9. The molecule has 3 aromatic rings. The summed E-state index contributed by atoms with van der Waals surface area (Å²) in [7, 11) is 0. The predicted molar refractivity (Wildman–Crippen MR) is 101 cm³/mol. The van der Waals surface area contributed by atoms with Crippen molar-refractivity contribution in [3.05, 3.63) is 101 Å². The minimum Gasteiger partial charge on any atom is -0.545 e. The smallest absolute Gasteiger partial charge is 0.127 e. The van der Waals surface area contributed by atoms with E-state index in [1.165, 1.54) is 12.1 Å². The highest BCUT2D eigenvalue weighted by atomic mass is 16.5. The zero-order valence-electron chi connectivity index (χ0n) is 14.5. The molecule has 0 bridgehead atoms. The second-order valence-electron chi connectivity index (χ2n) is 5.85. The van der Waals surface area contributed by atoms with Crippen molar-refractivity contribution in [3.8, 4) is 11.8 Å². The average molecular weight is 354 g/mol. The third-order valence-electron chi connectivity index (χ3n) is 4.01. The van der Waals surface area contributed by atoms with Gasteiger partial charge in [0.15, 0.2) is 0 Å². The first kappa shape index (κ1) is 18.0. The van der Waals surface area contributed by atoms with Gasteiger partial charge in [0.2, 0.25) is 0 Å². The van der Waals surface area contributed by atoms with Gasteiger partial charge in [-0.25, -0.2) is 0 Å². The molecular weight excluding hydrogens is 338 g/mol. The molecule has 0 saturated heterocycles. The molecule has 0 radical (unpaired) electrons. The van der Waals surface area contributed by atoms with Gasteiger partial charge in [-0.05, 0) is 28.8 Å². The molecule has 0 heterocycles. The van der Waals surface area contributed by atoms with Crippen LogP contribution in [0.25, 0.3) is 11.6 Å². The van der Waals surface area contributed by atoms with Crippen molar-refractivity contribution in [1.29, 1.82) is 5.26 Å². The van der Waals surface area contributed by atoms with E-state index in [0.29, 0.717) is 11.3 Å². The fraction of sp³-hybridized carbons (Fsp3) is 0.0435. The number of benzene rings is 3. The first-order valence-corrected chi connectivity index (χ1v) is 8.36. The lowest BCUT2D eigenvalue weighted by Crippen LogP contribution is -2.22. The Kier molecular flexibility index (Phi) is 5.66. The van der Waals surface area contributed by atoms with Crippen molar-refractivity contribution in [2.75, 3.05) is 0 Å². The van der Waals surface area contributed by atoms with Crippen molar-refractivity contribution >= 4 is 17.6 Å². The third-order valence-corrected chi connectivity index (χ3v) is 4.01. The number of carbonyl (C=O) groups is 1. The number of nitrogens with zero attached hydrogens (tertiary/aromatic N) is 1. The summed E-state index contributed by atoms with van der Waals surface area (Å²) in [5.74, 6) is -0.562. The molecule has 0 N–H and O–H groups in total. The lowest BCUT2D eigenvalue weighted by molar-refractivity contribution is -0.255. The number of hydrogen-bond acceptors (Lipinski definition) is 4. The molecule has 3 rings (SSSR count). The Bertz CT molecular complexity index is 1000. The monoisotopic (exact) mass is 354 g/mol. The first-order valence-electron chi connectivity index (χ1n) is 8.36. The van der Waals surface area contributed by atoms with Crippen molar-refractivity contribution in [1.82, 2.24) is 0 Å². The SMILES string of the molecule is N#C/C(=C/c1ccccc1OCc1ccc(C(=O)[O-])cc1)c1ccccc1. The van der Waals surface area contributed by atoms with Crippen LogP contribution in [-0.4, -0.2) is 5.97 Å². The van der Waals surface area contributed by atoms with Gasteiger partial charge < -0.3 is 14.6 Å². The first-order chi connectivity index (χ1) is 13.2. The van der Waals surface area contributed by atoms with E-state index in [1.807, 2.05) is 54.6 Å². The van der Waals surface area contributed by atoms with Crippen LogP contribution in [0.1, 0.15) is 27.0 Å². The highest BCUT2D eigenvalue weighted by Gasteiger charge is 2.05. The Labute approximate surface area is 157 Å². The maximum absolute atomic E-state index is 10.8. The van der Waals surface area contributed by atoms with Crippen molar-refractivity contribution in [2.24, 2.45) is 0 Å². The molecule has 0 unspecified atom stereocenters. The lowest BCUT2D eigenvalue weighted by Gasteiger charge is -2.10. The lowest BCUT2D eigenvalue weighted by atomic mass is 10.0. The number of carboxylic acids is 1. The molecule has 0 aliphatic rings. The number of carbonyl (C=O) groups excluding carboxylic acids is 1. The number of carboxylic acid groups (broad SMARTS) is 1. The topological polar surface area (TPSA) is 73.1 Å². The van der Waals surface area contributed by atoms with E-state index in [-0.39, 0.29) is 12.2 Å². The quantitative estimate of drug-likeness (QED) is 0.500. The molecule has 0 atom stereocenters. The molecule has 0 aliphatic heterocycles. The maximum Gasteiger partial charge on any atom is 0.127 e. The van der Waals surface area contributed by atoms with E-state index < -0.39 is 5.97 Å². The average Bonchev–Trinajstić information content (AvgIpc) is 2.72. The molecule has 3 aromatic carbocycles. The Morgan fingerprint density at radius 2 is 1.59 bits per heavy atom. The van der Waals surface area contributed by atoms with Crippen LogP contribution in [0.15, 0.2) is 78.9 Å². The van der Waals surface area contributed by atoms with E-state index in [1.54, 1.807) is 18.2 Å². The van der Waals surface area contributed by atoms with Crippen molar-refractivity contribution in [2.45, 2.75) is 6.61 Å². The summed E-state index contributed by atoms with van der Waals surface area (Å²) in [6.07, 6.45) is 1.80. The molecule has 0 aromatic heterocycles. The van der Waals surface area contributed by atoms with Gasteiger partial charge in [0.25, 0.3) is 0 Å². The summed E-state index contributed by atoms with van der Waals surface area (Å²) in [6.45, 7) is 0.283. The molecule has 0 saturated carbocycles. The number of para-hydroxylation sites is 1. The predicted octanol–water partition coefficient (Wildman–Crippen LogP) is 3.69. The fourth-order valence-electron chi connectivity index (χ4n) is 2.58. The summed E-state index contributed by atoms with van der Waals surface area (Å²) < 4.78 is 5.89. The molecule has 0 amide bonds. The van der Waals surface area contributed by atoms with Gasteiger partial charge in [-0.1, -0.05) is 72.8 Å². The molecule has 132 valence electrons. The van der Waals surface area contributed by atoms with Gasteiger partial charge in [-0.3, -0.25) is 0 Å². The summed E-state index contributed by atoms with van der Waals surface area (Å²) in [5, 5.41) is 20.3. The third kappa shape index (κ3) is 4.62. The second kappa shape index (κ2) is 8.50. The number of ether oxygens (including phenoxy) is 1. The van der Waals surface area contributed by atoms with Crippen LogP contribution < -0.4 is 9.84 Å². The fourth-order valence-corrected chi connectivity index (χ4v) is 2.58. The second-order valence-corrected chi connectivity index (χ2v) is 5.85. The van der Waals surface area contributed by atoms with Crippen LogP contribution in [0.5, 0.6) is 5.75 Å². The zero-order valence-corrected chi connectivity index (χ0v) is 14.5. The Balaban J connectivity index is 1.81. The minimum atomic E-state index is -1.21. The van der Waals surface area contributed by atoms with Crippen LogP contribution in [0.4, 0.5) is 0 Å². The van der Waals surface area contributed by atoms with Gasteiger partial charge in [-0.15, -0.1) is 0 Å². The summed E-state index contributed by atoms with van der Waals surface area (Å²) in [6, 6.07) is 25.5. The van der Waals surface area contributed by atoms with E-state index in [2.05, 4.69) is 6.07 Å². The molecule has 27 heavy (non-hydrogen) atoms. The summed E-state index contributed by atoms with van der Waals surface area (Å²) >= 11 is 0. The Hall–Kier alpha value is -3.84. The Morgan fingerprint density at radius 1 is 0.926 bits per heavy atom. The number of rotatable bonds is 6. The highest BCUT2D eigenvalue weighted by molar-refractivity contribution is 5.90. The maximum atomic E-state index is 10.8. The van der Waals surface area contributed by atoms with E-state index in [4.69, 9.17) is 4.74 Å². The molecule has 0 fully saturated rings. The van der Waals surface area contributed by atoms with Gasteiger partial charge in [0.05, 0.1) is 17.6 Å². The molecule has 4 nitrogen and oxygen atoms in total. The van der Waals surface area contributed by atoms with Gasteiger partial charge in [-0.2, -0.15) is 5.26 Å². The Morgan fingerprint density at radius 3 is 2.26 bits per heavy atom. The van der Waals surface area contributed by atoms with Gasteiger partial charge >= 0.3 is 0 Å². The summed E-state index contributed by atoms with van der Waals surface area (Å²) in [5.41, 5.74) is 3.15. The van der Waals surface area contributed by atoms with E-state index >= 15 is 0 Å². The van der Waals surface area contributed by atoms with Crippen LogP contribution in [0.3, 0.4) is 0 Å². The van der Waals surface area contributed by atoms with Crippen LogP contribution >= 0.6 is 0 Å². The number of hydrogen-bond donors (Lipinski definition) is 0. The number of nitriles is 1. The van der Waals surface area contributed by atoms with Gasteiger partial charge in [0.1, 0.15) is 12.4 Å². The van der Waals surface area contributed by atoms with Crippen molar-refractivity contribution in [3.63, 3.8) is 0 Å². The van der Waals surface area contributed by atoms with Gasteiger partial charge in [0, 0.05) is 5.56 Å². The molecule has 0 spiro atoms.